The summed E-state index contributed by atoms with van der Waals surface area (Å²) < 4.78 is 13.6. The van der Waals surface area contributed by atoms with Crippen LogP contribution in [0.15, 0.2) is 29.4 Å². The van der Waals surface area contributed by atoms with E-state index < -0.39 is 0 Å². The lowest BCUT2D eigenvalue weighted by molar-refractivity contribution is 0.313. The molecule has 104 valence electrons. The standard InChI is InChI=1S/C14H20FN3O/c1-10(11-4-2-3-5-12(11)15)17-9-14(6-7-14)8-13(16)18-19/h2-5,10,17,19H,6-9H2,1H3,(H2,16,18)/t10-/m1/s1. The third-order valence-electron chi connectivity index (χ3n) is 3.80. The van der Waals surface area contributed by atoms with Crippen molar-refractivity contribution in [2.75, 3.05) is 6.54 Å². The molecule has 5 heteroatoms. The van der Waals surface area contributed by atoms with Crippen molar-refractivity contribution in [3.8, 4) is 0 Å². The molecular formula is C14H20FN3O. The second-order valence-corrected chi connectivity index (χ2v) is 5.39. The summed E-state index contributed by atoms with van der Waals surface area (Å²) in [4.78, 5) is 0. The summed E-state index contributed by atoms with van der Waals surface area (Å²) in [7, 11) is 0. The summed E-state index contributed by atoms with van der Waals surface area (Å²) in [5, 5.41) is 15.0. The zero-order valence-electron chi connectivity index (χ0n) is 11.1. The molecule has 0 bridgehead atoms. The number of halogens is 1. The molecule has 0 spiro atoms. The fourth-order valence-corrected chi connectivity index (χ4v) is 2.32. The molecule has 1 aromatic carbocycles. The normalized spacial score (nSPS) is 19.2. The Labute approximate surface area is 112 Å². The molecule has 0 aliphatic heterocycles. The van der Waals surface area contributed by atoms with Gasteiger partial charge < -0.3 is 16.3 Å². The lowest BCUT2D eigenvalue weighted by atomic mass is 10.0. The summed E-state index contributed by atoms with van der Waals surface area (Å²) in [6, 6.07) is 6.73. The maximum absolute atomic E-state index is 13.6. The zero-order valence-corrected chi connectivity index (χ0v) is 11.1. The van der Waals surface area contributed by atoms with Crippen LogP contribution in [0, 0.1) is 11.2 Å². The topological polar surface area (TPSA) is 70.6 Å². The number of hydrogen-bond donors (Lipinski definition) is 3. The Hall–Kier alpha value is -1.62. The maximum Gasteiger partial charge on any atom is 0.139 e. The highest BCUT2D eigenvalue weighted by Crippen LogP contribution is 2.48. The highest BCUT2D eigenvalue weighted by atomic mass is 19.1. The summed E-state index contributed by atoms with van der Waals surface area (Å²) >= 11 is 0. The summed E-state index contributed by atoms with van der Waals surface area (Å²) in [6.07, 6.45) is 2.70. The molecule has 0 saturated heterocycles. The molecule has 0 aromatic heterocycles. The molecule has 1 aliphatic carbocycles. The van der Waals surface area contributed by atoms with Crippen molar-refractivity contribution in [1.82, 2.24) is 5.32 Å². The number of nitrogens with one attached hydrogen (secondary N) is 1. The number of nitrogens with two attached hydrogens (primary N) is 1. The lowest BCUT2D eigenvalue weighted by Crippen LogP contribution is -2.30. The van der Waals surface area contributed by atoms with Crippen LogP contribution < -0.4 is 11.1 Å². The average molecular weight is 265 g/mol. The van der Waals surface area contributed by atoms with Gasteiger partial charge in [-0.05, 0) is 31.2 Å². The molecule has 4 nitrogen and oxygen atoms in total. The molecule has 1 aliphatic rings. The van der Waals surface area contributed by atoms with Gasteiger partial charge in [-0.3, -0.25) is 0 Å². The third kappa shape index (κ3) is 3.44. The number of nitrogens with zero attached hydrogens (tertiary/aromatic N) is 1. The number of oxime groups is 1. The molecule has 0 radical (unpaired) electrons. The molecule has 0 amide bonds. The highest BCUT2D eigenvalue weighted by Gasteiger charge is 2.43. The van der Waals surface area contributed by atoms with E-state index in [2.05, 4.69) is 10.5 Å². The van der Waals surface area contributed by atoms with Crippen molar-refractivity contribution < 1.29 is 9.60 Å². The van der Waals surface area contributed by atoms with Crippen LogP contribution in [0.2, 0.25) is 0 Å². The first kappa shape index (κ1) is 13.8. The molecule has 1 atom stereocenters. The van der Waals surface area contributed by atoms with Crippen molar-refractivity contribution in [2.24, 2.45) is 16.3 Å². The Balaban J connectivity index is 1.91. The molecule has 4 N–H and O–H groups in total. The molecule has 1 fully saturated rings. The monoisotopic (exact) mass is 265 g/mol. The van der Waals surface area contributed by atoms with E-state index >= 15 is 0 Å². The van der Waals surface area contributed by atoms with Crippen LogP contribution in [-0.4, -0.2) is 17.6 Å². The van der Waals surface area contributed by atoms with Crippen molar-refractivity contribution >= 4 is 5.84 Å². The maximum atomic E-state index is 13.6. The Morgan fingerprint density at radius 1 is 1.53 bits per heavy atom. The van der Waals surface area contributed by atoms with Crippen molar-refractivity contribution in [3.05, 3.63) is 35.6 Å². The van der Waals surface area contributed by atoms with Gasteiger partial charge in [-0.15, -0.1) is 0 Å². The van der Waals surface area contributed by atoms with E-state index in [0.29, 0.717) is 12.0 Å². The molecule has 19 heavy (non-hydrogen) atoms. The largest absolute Gasteiger partial charge is 0.409 e. The minimum Gasteiger partial charge on any atom is -0.409 e. The van der Waals surface area contributed by atoms with Gasteiger partial charge in [0.1, 0.15) is 11.7 Å². The van der Waals surface area contributed by atoms with Crippen molar-refractivity contribution in [1.29, 1.82) is 0 Å². The van der Waals surface area contributed by atoms with Gasteiger partial charge in [0.25, 0.3) is 0 Å². The SMILES string of the molecule is C[C@@H](NCC1(C/C(N)=N/O)CC1)c1ccccc1F. The molecular weight excluding hydrogens is 245 g/mol. The van der Waals surface area contributed by atoms with Crippen LogP contribution in [0.1, 0.15) is 37.8 Å². The summed E-state index contributed by atoms with van der Waals surface area (Å²) in [5.74, 6) is 0.0710. The molecule has 2 rings (SSSR count). The summed E-state index contributed by atoms with van der Waals surface area (Å²) in [5.41, 5.74) is 6.30. The first-order valence-electron chi connectivity index (χ1n) is 6.50. The van der Waals surface area contributed by atoms with Gasteiger partial charge in [-0.1, -0.05) is 23.4 Å². The Morgan fingerprint density at radius 2 is 2.21 bits per heavy atom. The third-order valence-corrected chi connectivity index (χ3v) is 3.80. The minimum absolute atomic E-state index is 0.0500. The van der Waals surface area contributed by atoms with Gasteiger partial charge in [-0.2, -0.15) is 0 Å². The predicted octanol–water partition coefficient (Wildman–Crippen LogP) is 2.39. The fourth-order valence-electron chi connectivity index (χ4n) is 2.32. The smallest absolute Gasteiger partial charge is 0.139 e. The van der Waals surface area contributed by atoms with Crippen LogP contribution in [0.25, 0.3) is 0 Å². The fraction of sp³-hybridized carbons (Fsp3) is 0.500. The molecule has 1 saturated carbocycles. The number of benzene rings is 1. The minimum atomic E-state index is -0.191. The van der Waals surface area contributed by atoms with E-state index in [4.69, 9.17) is 10.9 Å². The van der Waals surface area contributed by atoms with Gasteiger partial charge in [0.15, 0.2) is 0 Å². The molecule has 1 aromatic rings. The number of hydrogen-bond acceptors (Lipinski definition) is 3. The predicted molar refractivity (Wildman–Crippen MR) is 72.5 cm³/mol. The number of rotatable bonds is 6. The van der Waals surface area contributed by atoms with E-state index in [0.717, 1.165) is 19.4 Å². The average Bonchev–Trinajstić information content (AvgIpc) is 3.16. The van der Waals surface area contributed by atoms with E-state index in [9.17, 15) is 4.39 Å². The first-order valence-corrected chi connectivity index (χ1v) is 6.50. The van der Waals surface area contributed by atoms with Gasteiger partial charge in [-0.25, -0.2) is 4.39 Å². The molecule has 0 heterocycles. The number of amidine groups is 1. The lowest BCUT2D eigenvalue weighted by Gasteiger charge is -2.20. The van der Waals surface area contributed by atoms with Gasteiger partial charge in [0.2, 0.25) is 0 Å². The van der Waals surface area contributed by atoms with Crippen LogP contribution in [0.4, 0.5) is 4.39 Å². The van der Waals surface area contributed by atoms with Crippen LogP contribution in [0.3, 0.4) is 0 Å². The van der Waals surface area contributed by atoms with Crippen molar-refractivity contribution in [2.45, 2.75) is 32.2 Å². The van der Waals surface area contributed by atoms with Crippen molar-refractivity contribution in [3.63, 3.8) is 0 Å². The van der Waals surface area contributed by atoms with Crippen LogP contribution >= 0.6 is 0 Å². The van der Waals surface area contributed by atoms with E-state index in [1.165, 1.54) is 6.07 Å². The van der Waals surface area contributed by atoms with Crippen LogP contribution in [0.5, 0.6) is 0 Å². The molecule has 0 unspecified atom stereocenters. The Bertz CT molecular complexity index is 472. The second kappa shape index (κ2) is 5.57. The van der Waals surface area contributed by atoms with Gasteiger partial charge >= 0.3 is 0 Å². The first-order chi connectivity index (χ1) is 9.06. The summed E-state index contributed by atoms with van der Waals surface area (Å²) in [6.45, 7) is 2.69. The van der Waals surface area contributed by atoms with E-state index in [-0.39, 0.29) is 23.1 Å². The zero-order chi connectivity index (χ0) is 13.9. The second-order valence-electron chi connectivity index (χ2n) is 5.39. The van der Waals surface area contributed by atoms with Crippen LogP contribution in [-0.2, 0) is 0 Å². The van der Waals surface area contributed by atoms with E-state index in [1.54, 1.807) is 12.1 Å². The van der Waals surface area contributed by atoms with E-state index in [1.807, 2.05) is 13.0 Å². The van der Waals surface area contributed by atoms with Gasteiger partial charge in [0, 0.05) is 24.6 Å². The Morgan fingerprint density at radius 3 is 2.79 bits per heavy atom. The highest BCUT2D eigenvalue weighted by molar-refractivity contribution is 5.80. The van der Waals surface area contributed by atoms with Gasteiger partial charge in [0.05, 0.1) is 0 Å². The Kier molecular flexibility index (Phi) is 4.04. The quantitative estimate of drug-likeness (QED) is 0.320.